The van der Waals surface area contributed by atoms with Crippen molar-refractivity contribution in [3.05, 3.63) is 18.0 Å². The molecule has 0 amide bonds. The Kier molecular flexibility index (Phi) is 2.86. The first kappa shape index (κ1) is 10.4. The largest absolute Gasteiger partial charge is 0.316 e. The summed E-state index contributed by atoms with van der Waals surface area (Å²) in [5, 5.41) is 7.39. The van der Waals surface area contributed by atoms with Gasteiger partial charge >= 0.3 is 0 Å². The molecule has 4 heteroatoms. The van der Waals surface area contributed by atoms with Crippen LogP contribution in [-0.4, -0.2) is 28.7 Å². The summed E-state index contributed by atoms with van der Waals surface area (Å²) in [6.07, 6.45) is 4.48. The molecule has 1 aliphatic rings. The molecule has 0 aromatic carbocycles. The van der Waals surface area contributed by atoms with Crippen LogP contribution in [0, 0.1) is 5.92 Å². The maximum absolute atomic E-state index is 12.0. The monoisotopic (exact) mass is 207 g/mol. The summed E-state index contributed by atoms with van der Waals surface area (Å²) in [6.45, 7) is 5.87. The minimum atomic E-state index is 0.148. The summed E-state index contributed by atoms with van der Waals surface area (Å²) in [4.78, 5) is 12.0. The quantitative estimate of drug-likeness (QED) is 0.759. The zero-order chi connectivity index (χ0) is 10.8. The van der Waals surface area contributed by atoms with Crippen LogP contribution in [0.15, 0.2) is 12.4 Å². The summed E-state index contributed by atoms with van der Waals surface area (Å²) in [5.41, 5.74) is 0.748. The molecule has 1 saturated heterocycles. The van der Waals surface area contributed by atoms with E-state index in [1.165, 1.54) is 0 Å². The number of rotatable bonds is 3. The Morgan fingerprint density at radius 2 is 2.47 bits per heavy atom. The fraction of sp³-hybridized carbons (Fsp3) is 0.636. The van der Waals surface area contributed by atoms with Gasteiger partial charge in [-0.1, -0.05) is 0 Å². The van der Waals surface area contributed by atoms with Crippen LogP contribution >= 0.6 is 0 Å². The first-order valence-electron chi connectivity index (χ1n) is 5.47. The van der Waals surface area contributed by atoms with Crippen LogP contribution in [0.4, 0.5) is 0 Å². The van der Waals surface area contributed by atoms with Gasteiger partial charge in [-0.15, -0.1) is 0 Å². The second-order valence-corrected chi connectivity index (χ2v) is 4.36. The zero-order valence-corrected chi connectivity index (χ0v) is 9.23. The number of carbonyl (C=O) groups excluding carboxylic acids is 1. The normalized spacial score (nSPS) is 21.1. The van der Waals surface area contributed by atoms with Gasteiger partial charge in [0, 0.05) is 24.7 Å². The second-order valence-electron chi connectivity index (χ2n) is 4.36. The van der Waals surface area contributed by atoms with Crippen molar-refractivity contribution in [2.24, 2.45) is 5.92 Å². The lowest BCUT2D eigenvalue weighted by molar-refractivity contribution is 0.0930. The molecule has 1 unspecified atom stereocenters. The Balaban J connectivity index is 2.11. The van der Waals surface area contributed by atoms with E-state index >= 15 is 0 Å². The minimum Gasteiger partial charge on any atom is -0.316 e. The Bertz CT molecular complexity index is 350. The van der Waals surface area contributed by atoms with Gasteiger partial charge in [-0.25, -0.2) is 0 Å². The van der Waals surface area contributed by atoms with E-state index in [4.69, 9.17) is 0 Å². The number of ketones is 1. The van der Waals surface area contributed by atoms with Gasteiger partial charge in [0.05, 0.1) is 11.8 Å². The average molecular weight is 207 g/mol. The van der Waals surface area contributed by atoms with Gasteiger partial charge in [-0.05, 0) is 26.8 Å². The molecule has 1 atom stereocenters. The third kappa shape index (κ3) is 2.09. The maximum atomic E-state index is 12.0. The number of nitrogens with zero attached hydrogens (tertiary/aromatic N) is 2. The molecule has 15 heavy (non-hydrogen) atoms. The lowest BCUT2D eigenvalue weighted by atomic mass is 9.99. The summed E-state index contributed by atoms with van der Waals surface area (Å²) >= 11 is 0. The molecular formula is C11H17N3O. The van der Waals surface area contributed by atoms with Gasteiger partial charge in [-0.3, -0.25) is 9.48 Å². The predicted molar refractivity (Wildman–Crippen MR) is 57.9 cm³/mol. The van der Waals surface area contributed by atoms with E-state index in [1.807, 2.05) is 10.9 Å². The van der Waals surface area contributed by atoms with E-state index in [0.29, 0.717) is 6.04 Å². The number of carbonyl (C=O) groups is 1. The highest BCUT2D eigenvalue weighted by Crippen LogP contribution is 2.15. The fourth-order valence-electron chi connectivity index (χ4n) is 1.86. The van der Waals surface area contributed by atoms with E-state index in [0.717, 1.165) is 25.1 Å². The minimum absolute atomic E-state index is 0.148. The van der Waals surface area contributed by atoms with Crippen LogP contribution in [0.25, 0.3) is 0 Å². The van der Waals surface area contributed by atoms with Gasteiger partial charge in [0.2, 0.25) is 0 Å². The SMILES string of the molecule is CC(C)n1cc(C(=O)C2CCNC2)cn1. The van der Waals surface area contributed by atoms with Crippen molar-refractivity contribution in [1.82, 2.24) is 15.1 Å². The molecule has 82 valence electrons. The third-order valence-electron chi connectivity index (χ3n) is 2.85. The Hall–Kier alpha value is -1.16. The van der Waals surface area contributed by atoms with E-state index < -0.39 is 0 Å². The highest BCUT2D eigenvalue weighted by atomic mass is 16.1. The van der Waals surface area contributed by atoms with Crippen LogP contribution in [0.2, 0.25) is 0 Å². The molecule has 0 radical (unpaired) electrons. The molecule has 2 rings (SSSR count). The number of nitrogens with one attached hydrogen (secondary N) is 1. The van der Waals surface area contributed by atoms with Gasteiger partial charge in [-0.2, -0.15) is 5.10 Å². The van der Waals surface area contributed by atoms with Gasteiger partial charge in [0.15, 0.2) is 5.78 Å². The lowest BCUT2D eigenvalue weighted by Gasteiger charge is -2.05. The molecule has 1 fully saturated rings. The Morgan fingerprint density at radius 3 is 3.00 bits per heavy atom. The Labute approximate surface area is 89.7 Å². The van der Waals surface area contributed by atoms with Crippen LogP contribution in [0.5, 0.6) is 0 Å². The van der Waals surface area contributed by atoms with Crippen LogP contribution in [0.3, 0.4) is 0 Å². The molecule has 4 nitrogen and oxygen atoms in total. The van der Waals surface area contributed by atoms with Crippen molar-refractivity contribution in [3.8, 4) is 0 Å². The lowest BCUT2D eigenvalue weighted by Crippen LogP contribution is -2.17. The van der Waals surface area contributed by atoms with E-state index in [9.17, 15) is 4.79 Å². The van der Waals surface area contributed by atoms with Crippen molar-refractivity contribution in [1.29, 1.82) is 0 Å². The van der Waals surface area contributed by atoms with E-state index in [-0.39, 0.29) is 11.7 Å². The fourth-order valence-corrected chi connectivity index (χ4v) is 1.86. The van der Waals surface area contributed by atoms with E-state index in [2.05, 4.69) is 24.3 Å². The highest BCUT2D eigenvalue weighted by molar-refractivity contribution is 5.97. The number of aromatic nitrogens is 2. The smallest absolute Gasteiger partial charge is 0.170 e. The molecule has 0 aliphatic carbocycles. The van der Waals surface area contributed by atoms with Crippen LogP contribution < -0.4 is 5.32 Å². The zero-order valence-electron chi connectivity index (χ0n) is 9.23. The molecular weight excluding hydrogens is 190 g/mol. The molecule has 0 spiro atoms. The van der Waals surface area contributed by atoms with Crippen LogP contribution in [0.1, 0.15) is 36.7 Å². The second kappa shape index (κ2) is 4.14. The van der Waals surface area contributed by atoms with Crippen molar-refractivity contribution >= 4 is 5.78 Å². The average Bonchev–Trinajstić information content (AvgIpc) is 2.88. The number of hydrogen-bond acceptors (Lipinski definition) is 3. The summed E-state index contributed by atoms with van der Waals surface area (Å²) in [7, 11) is 0. The topological polar surface area (TPSA) is 46.9 Å². The number of Topliss-reactive ketones (excluding diaryl/α,β-unsaturated/α-hetero) is 1. The molecule has 1 N–H and O–H groups in total. The predicted octanol–water partition coefficient (Wildman–Crippen LogP) is 1.26. The van der Waals surface area contributed by atoms with Crippen molar-refractivity contribution in [2.45, 2.75) is 26.3 Å². The van der Waals surface area contributed by atoms with Gasteiger partial charge in [0.25, 0.3) is 0 Å². The molecule has 1 aromatic rings. The third-order valence-corrected chi connectivity index (χ3v) is 2.85. The van der Waals surface area contributed by atoms with Crippen molar-refractivity contribution < 1.29 is 4.79 Å². The van der Waals surface area contributed by atoms with Crippen molar-refractivity contribution in [2.75, 3.05) is 13.1 Å². The highest BCUT2D eigenvalue weighted by Gasteiger charge is 2.24. The van der Waals surface area contributed by atoms with Crippen LogP contribution in [-0.2, 0) is 0 Å². The molecule has 1 aliphatic heterocycles. The standard InChI is InChI=1S/C11H17N3O/c1-8(2)14-7-10(6-13-14)11(15)9-3-4-12-5-9/h6-9,12H,3-5H2,1-2H3. The summed E-state index contributed by atoms with van der Waals surface area (Å²) < 4.78 is 1.83. The van der Waals surface area contributed by atoms with E-state index in [1.54, 1.807) is 6.20 Å². The molecule has 0 bridgehead atoms. The maximum Gasteiger partial charge on any atom is 0.170 e. The first-order valence-corrected chi connectivity index (χ1v) is 5.47. The number of hydrogen-bond donors (Lipinski definition) is 1. The Morgan fingerprint density at radius 1 is 1.67 bits per heavy atom. The molecule has 0 saturated carbocycles. The van der Waals surface area contributed by atoms with Gasteiger partial charge < -0.3 is 5.32 Å². The summed E-state index contributed by atoms with van der Waals surface area (Å²) in [5.74, 6) is 0.377. The molecule has 2 heterocycles. The van der Waals surface area contributed by atoms with Crippen molar-refractivity contribution in [3.63, 3.8) is 0 Å². The van der Waals surface area contributed by atoms with Gasteiger partial charge in [0.1, 0.15) is 0 Å². The molecule has 1 aromatic heterocycles. The summed E-state index contributed by atoms with van der Waals surface area (Å²) in [6, 6.07) is 0.313. The first-order chi connectivity index (χ1) is 7.18.